The van der Waals surface area contributed by atoms with Gasteiger partial charge in [0.1, 0.15) is 18.3 Å². The summed E-state index contributed by atoms with van der Waals surface area (Å²) in [6, 6.07) is 7.85. The molecule has 1 aliphatic rings. The number of piperazine rings is 1. The summed E-state index contributed by atoms with van der Waals surface area (Å²) in [5.41, 5.74) is 3.26. The maximum absolute atomic E-state index is 13.0. The van der Waals surface area contributed by atoms with Gasteiger partial charge in [0.15, 0.2) is 5.65 Å². The van der Waals surface area contributed by atoms with Crippen LogP contribution >= 0.6 is 0 Å². The fraction of sp³-hybridized carbons (Fsp3) is 0.304. The predicted molar refractivity (Wildman–Crippen MR) is 123 cm³/mol. The Bertz CT molecular complexity index is 1350. The Hall–Kier alpha value is -4.08. The van der Waals surface area contributed by atoms with Crippen molar-refractivity contribution in [1.29, 1.82) is 0 Å². The van der Waals surface area contributed by atoms with E-state index in [9.17, 15) is 9.59 Å². The van der Waals surface area contributed by atoms with E-state index in [4.69, 9.17) is 0 Å². The molecule has 0 atom stereocenters. The molecule has 0 aliphatic carbocycles. The van der Waals surface area contributed by atoms with Crippen molar-refractivity contribution >= 4 is 22.9 Å². The Morgan fingerprint density at radius 1 is 0.970 bits per heavy atom. The average Bonchev–Trinajstić information content (AvgIpc) is 3.26. The third-order valence-corrected chi connectivity index (χ3v) is 5.78. The first kappa shape index (κ1) is 20.8. The van der Waals surface area contributed by atoms with Crippen molar-refractivity contribution in [2.75, 3.05) is 31.1 Å². The molecule has 0 spiro atoms. The standard InChI is InChI=1S/C23H24N8O2/c1-16-10-17(2)12-18(11-16)31-21-19(13-27-31)22(33)30(15-26-21)14-20(32)28-6-8-29(9-7-28)23-24-4-3-5-25-23/h3-5,10-13,15H,6-9,14H2,1-2H3. The number of hydrogen-bond acceptors (Lipinski definition) is 7. The second-order valence-corrected chi connectivity index (χ2v) is 8.23. The summed E-state index contributed by atoms with van der Waals surface area (Å²) < 4.78 is 3.01. The van der Waals surface area contributed by atoms with Gasteiger partial charge in [-0.1, -0.05) is 6.07 Å². The lowest BCUT2D eigenvalue weighted by atomic mass is 10.1. The molecule has 168 valence electrons. The Morgan fingerprint density at radius 2 is 1.67 bits per heavy atom. The molecule has 1 amide bonds. The third-order valence-electron chi connectivity index (χ3n) is 5.78. The minimum atomic E-state index is -0.278. The van der Waals surface area contributed by atoms with E-state index in [1.165, 1.54) is 17.1 Å². The molecule has 4 heterocycles. The highest BCUT2D eigenvalue weighted by molar-refractivity contribution is 5.78. The quantitative estimate of drug-likeness (QED) is 0.468. The number of aromatic nitrogens is 6. The van der Waals surface area contributed by atoms with E-state index in [2.05, 4.69) is 26.1 Å². The van der Waals surface area contributed by atoms with Crippen LogP contribution in [-0.2, 0) is 11.3 Å². The maximum Gasteiger partial charge on any atom is 0.264 e. The Morgan fingerprint density at radius 3 is 2.36 bits per heavy atom. The van der Waals surface area contributed by atoms with E-state index in [1.54, 1.807) is 28.0 Å². The summed E-state index contributed by atoms with van der Waals surface area (Å²) in [6.07, 6.45) is 6.36. The summed E-state index contributed by atoms with van der Waals surface area (Å²) in [4.78, 5) is 42.7. The Kier molecular flexibility index (Phi) is 5.33. The number of hydrogen-bond donors (Lipinski definition) is 0. The largest absolute Gasteiger partial charge is 0.338 e. The van der Waals surface area contributed by atoms with Gasteiger partial charge in [-0.25, -0.2) is 19.6 Å². The molecular formula is C23H24N8O2. The number of rotatable bonds is 4. The van der Waals surface area contributed by atoms with Gasteiger partial charge in [-0.2, -0.15) is 5.10 Å². The molecule has 0 unspecified atom stereocenters. The molecule has 10 heteroatoms. The summed E-state index contributed by atoms with van der Waals surface area (Å²) in [5, 5.41) is 4.77. The highest BCUT2D eigenvalue weighted by Crippen LogP contribution is 2.17. The van der Waals surface area contributed by atoms with Gasteiger partial charge in [0, 0.05) is 38.6 Å². The van der Waals surface area contributed by atoms with Crippen molar-refractivity contribution in [3.63, 3.8) is 0 Å². The molecule has 4 aromatic rings. The van der Waals surface area contributed by atoms with Gasteiger partial charge >= 0.3 is 0 Å². The molecule has 0 radical (unpaired) electrons. The van der Waals surface area contributed by atoms with Crippen LogP contribution in [0, 0.1) is 13.8 Å². The van der Waals surface area contributed by atoms with Crippen LogP contribution in [0.5, 0.6) is 0 Å². The lowest BCUT2D eigenvalue weighted by Gasteiger charge is -2.34. The third kappa shape index (κ3) is 4.07. The molecule has 1 aromatic carbocycles. The van der Waals surface area contributed by atoms with E-state index in [0.717, 1.165) is 16.8 Å². The van der Waals surface area contributed by atoms with Crippen LogP contribution in [0.3, 0.4) is 0 Å². The van der Waals surface area contributed by atoms with Crippen LogP contribution in [0.1, 0.15) is 11.1 Å². The number of amides is 1. The van der Waals surface area contributed by atoms with Gasteiger partial charge in [0.05, 0.1) is 11.9 Å². The lowest BCUT2D eigenvalue weighted by Crippen LogP contribution is -2.50. The fourth-order valence-corrected chi connectivity index (χ4v) is 4.18. The van der Waals surface area contributed by atoms with Crippen LogP contribution in [-0.4, -0.2) is 66.3 Å². The van der Waals surface area contributed by atoms with Crippen LogP contribution < -0.4 is 10.5 Å². The van der Waals surface area contributed by atoms with Gasteiger partial charge in [-0.05, 0) is 43.2 Å². The number of nitrogens with zero attached hydrogens (tertiary/aromatic N) is 8. The second kappa shape index (κ2) is 8.45. The SMILES string of the molecule is Cc1cc(C)cc(-n2ncc3c(=O)n(CC(=O)N4CCN(c5ncccn5)CC4)cnc32)c1. The van der Waals surface area contributed by atoms with Crippen molar-refractivity contribution in [2.45, 2.75) is 20.4 Å². The zero-order chi connectivity index (χ0) is 22.9. The number of benzene rings is 1. The molecule has 1 fully saturated rings. The first-order valence-electron chi connectivity index (χ1n) is 10.8. The van der Waals surface area contributed by atoms with Gasteiger partial charge in [-0.15, -0.1) is 0 Å². The van der Waals surface area contributed by atoms with Crippen molar-refractivity contribution < 1.29 is 4.79 Å². The van der Waals surface area contributed by atoms with Crippen molar-refractivity contribution in [3.05, 3.63) is 70.7 Å². The Balaban J connectivity index is 1.32. The van der Waals surface area contributed by atoms with Crippen molar-refractivity contribution in [3.8, 4) is 5.69 Å². The number of fused-ring (bicyclic) bond motifs is 1. The van der Waals surface area contributed by atoms with Gasteiger partial charge < -0.3 is 9.80 Å². The lowest BCUT2D eigenvalue weighted by molar-refractivity contribution is -0.132. The molecule has 3 aromatic heterocycles. The van der Waals surface area contributed by atoms with Gasteiger partial charge in [-0.3, -0.25) is 14.2 Å². The summed E-state index contributed by atoms with van der Waals surface area (Å²) >= 11 is 0. The highest BCUT2D eigenvalue weighted by Gasteiger charge is 2.23. The van der Waals surface area contributed by atoms with Crippen LogP contribution in [0.25, 0.3) is 16.7 Å². The smallest absolute Gasteiger partial charge is 0.264 e. The van der Waals surface area contributed by atoms with E-state index >= 15 is 0 Å². The predicted octanol–water partition coefficient (Wildman–Crippen LogP) is 1.34. The number of aryl methyl sites for hydroxylation is 2. The summed E-state index contributed by atoms with van der Waals surface area (Å²) in [6.45, 7) is 6.35. The highest BCUT2D eigenvalue weighted by atomic mass is 16.2. The van der Waals surface area contributed by atoms with E-state index in [-0.39, 0.29) is 18.0 Å². The average molecular weight is 444 g/mol. The monoisotopic (exact) mass is 444 g/mol. The first-order chi connectivity index (χ1) is 16.0. The molecule has 0 saturated carbocycles. The zero-order valence-corrected chi connectivity index (χ0v) is 18.5. The maximum atomic E-state index is 13.0. The molecule has 10 nitrogen and oxygen atoms in total. The number of anilines is 1. The summed E-state index contributed by atoms with van der Waals surface area (Å²) in [7, 11) is 0. The fourth-order valence-electron chi connectivity index (χ4n) is 4.18. The molecule has 5 rings (SSSR count). The summed E-state index contributed by atoms with van der Waals surface area (Å²) in [5.74, 6) is 0.546. The second-order valence-electron chi connectivity index (χ2n) is 8.23. The van der Waals surface area contributed by atoms with Crippen LogP contribution in [0.15, 0.2) is 54.0 Å². The molecule has 0 N–H and O–H groups in total. The van der Waals surface area contributed by atoms with E-state index in [1.807, 2.05) is 30.9 Å². The minimum absolute atomic E-state index is 0.0572. The number of carbonyl (C=O) groups is 1. The van der Waals surface area contributed by atoms with Crippen LogP contribution in [0.4, 0.5) is 5.95 Å². The normalized spacial score (nSPS) is 14.1. The zero-order valence-electron chi connectivity index (χ0n) is 18.5. The minimum Gasteiger partial charge on any atom is -0.338 e. The molecule has 33 heavy (non-hydrogen) atoms. The molecular weight excluding hydrogens is 420 g/mol. The van der Waals surface area contributed by atoms with E-state index in [0.29, 0.717) is 43.2 Å². The van der Waals surface area contributed by atoms with Gasteiger partial charge in [0.2, 0.25) is 11.9 Å². The van der Waals surface area contributed by atoms with Gasteiger partial charge in [0.25, 0.3) is 5.56 Å². The molecule has 1 aliphatic heterocycles. The number of carbonyl (C=O) groups excluding carboxylic acids is 1. The van der Waals surface area contributed by atoms with Crippen molar-refractivity contribution in [1.82, 2.24) is 34.2 Å². The van der Waals surface area contributed by atoms with E-state index < -0.39 is 0 Å². The Labute approximate surface area is 190 Å². The molecule has 0 bridgehead atoms. The first-order valence-corrected chi connectivity index (χ1v) is 10.8. The van der Waals surface area contributed by atoms with Crippen molar-refractivity contribution in [2.24, 2.45) is 0 Å². The topological polar surface area (TPSA) is 102 Å². The molecule has 1 saturated heterocycles. The van der Waals surface area contributed by atoms with Crippen LogP contribution in [0.2, 0.25) is 0 Å².